The van der Waals surface area contributed by atoms with Crippen LogP contribution in [0.1, 0.15) is 25.7 Å². The van der Waals surface area contributed by atoms with Crippen LogP contribution in [0.3, 0.4) is 0 Å². The van der Waals surface area contributed by atoms with Crippen molar-refractivity contribution in [1.82, 2.24) is 0 Å². The standard InChI is InChI=1S/C9H14O6/c1-13-9(12)15-7-4-2-6(3-5-7)14-8(10)11/h6-7H,2-5H2,1H3,(H,10,11). The highest BCUT2D eigenvalue weighted by Gasteiger charge is 2.26. The molecular formula is C9H14O6. The lowest BCUT2D eigenvalue weighted by Gasteiger charge is -2.26. The molecule has 0 spiro atoms. The van der Waals surface area contributed by atoms with Gasteiger partial charge in [0.2, 0.25) is 0 Å². The molecule has 1 fully saturated rings. The first-order chi connectivity index (χ1) is 7.11. The van der Waals surface area contributed by atoms with Gasteiger partial charge in [0.25, 0.3) is 0 Å². The van der Waals surface area contributed by atoms with Crippen LogP contribution in [0.15, 0.2) is 0 Å². The minimum Gasteiger partial charge on any atom is -0.450 e. The van der Waals surface area contributed by atoms with Gasteiger partial charge in [0.15, 0.2) is 0 Å². The molecule has 0 aromatic rings. The number of carbonyl (C=O) groups excluding carboxylic acids is 1. The summed E-state index contributed by atoms with van der Waals surface area (Å²) in [6.45, 7) is 0. The van der Waals surface area contributed by atoms with E-state index in [1.54, 1.807) is 0 Å². The molecule has 0 heterocycles. The van der Waals surface area contributed by atoms with Gasteiger partial charge in [-0.15, -0.1) is 0 Å². The third kappa shape index (κ3) is 4.05. The normalized spacial score (nSPS) is 25.4. The summed E-state index contributed by atoms with van der Waals surface area (Å²) in [4.78, 5) is 21.0. The number of rotatable bonds is 2. The second-order valence-corrected chi connectivity index (χ2v) is 3.35. The maximum atomic E-state index is 10.8. The van der Waals surface area contributed by atoms with E-state index in [-0.39, 0.29) is 12.2 Å². The molecule has 1 N–H and O–H groups in total. The van der Waals surface area contributed by atoms with Gasteiger partial charge >= 0.3 is 12.3 Å². The zero-order chi connectivity index (χ0) is 11.3. The molecule has 6 heteroatoms. The molecule has 0 aromatic heterocycles. The average Bonchev–Trinajstić information content (AvgIpc) is 2.20. The molecule has 0 bridgehead atoms. The number of carboxylic acid groups (broad SMARTS) is 1. The maximum absolute atomic E-state index is 10.8. The van der Waals surface area contributed by atoms with Crippen LogP contribution in [0.25, 0.3) is 0 Å². The predicted molar refractivity (Wildman–Crippen MR) is 48.6 cm³/mol. The Bertz CT molecular complexity index is 231. The highest BCUT2D eigenvalue weighted by molar-refractivity contribution is 5.59. The summed E-state index contributed by atoms with van der Waals surface area (Å²) in [6.07, 6.45) is -0.0572. The zero-order valence-corrected chi connectivity index (χ0v) is 8.47. The molecule has 15 heavy (non-hydrogen) atoms. The highest BCUT2D eigenvalue weighted by atomic mass is 16.7. The van der Waals surface area contributed by atoms with E-state index in [0.717, 1.165) is 0 Å². The first-order valence-electron chi connectivity index (χ1n) is 4.76. The van der Waals surface area contributed by atoms with Crippen LogP contribution in [0.2, 0.25) is 0 Å². The molecule has 0 atom stereocenters. The fraction of sp³-hybridized carbons (Fsp3) is 0.778. The van der Waals surface area contributed by atoms with E-state index >= 15 is 0 Å². The summed E-state index contributed by atoms with van der Waals surface area (Å²) in [6, 6.07) is 0. The SMILES string of the molecule is COC(=O)OC1CCC(OC(=O)O)CC1. The van der Waals surface area contributed by atoms with Crippen LogP contribution in [0.4, 0.5) is 9.59 Å². The molecule has 0 amide bonds. The quantitative estimate of drug-likeness (QED) is 0.711. The van der Waals surface area contributed by atoms with E-state index in [2.05, 4.69) is 9.47 Å². The molecular weight excluding hydrogens is 204 g/mol. The zero-order valence-electron chi connectivity index (χ0n) is 8.47. The third-order valence-corrected chi connectivity index (χ3v) is 2.32. The van der Waals surface area contributed by atoms with Crippen LogP contribution >= 0.6 is 0 Å². The van der Waals surface area contributed by atoms with Gasteiger partial charge < -0.3 is 19.3 Å². The first kappa shape index (κ1) is 11.6. The van der Waals surface area contributed by atoms with Crippen LogP contribution in [-0.2, 0) is 14.2 Å². The van der Waals surface area contributed by atoms with Gasteiger partial charge in [-0.3, -0.25) is 0 Å². The monoisotopic (exact) mass is 218 g/mol. The van der Waals surface area contributed by atoms with Gasteiger partial charge in [-0.1, -0.05) is 0 Å². The number of hydrogen-bond acceptors (Lipinski definition) is 5. The minimum absolute atomic E-state index is 0.189. The van der Waals surface area contributed by atoms with Crippen LogP contribution < -0.4 is 0 Å². The summed E-state index contributed by atoms with van der Waals surface area (Å²) >= 11 is 0. The van der Waals surface area contributed by atoms with Crippen molar-refractivity contribution in [2.24, 2.45) is 0 Å². The first-order valence-corrected chi connectivity index (χ1v) is 4.76. The molecule has 1 saturated carbocycles. The molecule has 0 unspecified atom stereocenters. The van der Waals surface area contributed by atoms with E-state index in [9.17, 15) is 9.59 Å². The molecule has 0 aliphatic heterocycles. The van der Waals surface area contributed by atoms with Gasteiger partial charge in [-0.05, 0) is 25.7 Å². The lowest BCUT2D eigenvalue weighted by atomic mass is 9.95. The second kappa shape index (κ2) is 5.43. The average molecular weight is 218 g/mol. The Labute approximate surface area is 87.1 Å². The van der Waals surface area contributed by atoms with Crippen molar-refractivity contribution in [3.8, 4) is 0 Å². The Balaban J connectivity index is 2.23. The molecule has 86 valence electrons. The van der Waals surface area contributed by atoms with Gasteiger partial charge in [0, 0.05) is 0 Å². The number of ether oxygens (including phenoxy) is 3. The van der Waals surface area contributed by atoms with Gasteiger partial charge in [0.05, 0.1) is 7.11 Å². The van der Waals surface area contributed by atoms with Crippen molar-refractivity contribution in [3.63, 3.8) is 0 Å². The molecule has 1 rings (SSSR count). The second-order valence-electron chi connectivity index (χ2n) is 3.35. The molecule has 0 saturated heterocycles. The van der Waals surface area contributed by atoms with E-state index < -0.39 is 12.3 Å². The highest BCUT2D eigenvalue weighted by Crippen LogP contribution is 2.23. The van der Waals surface area contributed by atoms with Gasteiger partial charge in [0.1, 0.15) is 12.2 Å². The third-order valence-electron chi connectivity index (χ3n) is 2.32. The summed E-state index contributed by atoms with van der Waals surface area (Å²) in [5, 5.41) is 8.39. The molecule has 1 aliphatic rings. The van der Waals surface area contributed by atoms with Crippen molar-refractivity contribution in [2.45, 2.75) is 37.9 Å². The summed E-state index contributed by atoms with van der Waals surface area (Å²) in [5.74, 6) is 0. The van der Waals surface area contributed by atoms with E-state index in [4.69, 9.17) is 9.84 Å². The molecule has 6 nitrogen and oxygen atoms in total. The summed E-state index contributed by atoms with van der Waals surface area (Å²) in [5.41, 5.74) is 0. The van der Waals surface area contributed by atoms with Gasteiger partial charge in [-0.25, -0.2) is 9.59 Å². The fourth-order valence-corrected chi connectivity index (χ4v) is 1.59. The minimum atomic E-state index is -1.26. The van der Waals surface area contributed by atoms with Crippen molar-refractivity contribution in [1.29, 1.82) is 0 Å². The molecule has 1 aliphatic carbocycles. The predicted octanol–water partition coefficient (Wildman–Crippen LogP) is 1.78. The lowest BCUT2D eigenvalue weighted by molar-refractivity contribution is -0.0140. The number of hydrogen-bond donors (Lipinski definition) is 1. The smallest absolute Gasteiger partial charge is 0.450 e. The Morgan fingerprint density at radius 1 is 1.07 bits per heavy atom. The van der Waals surface area contributed by atoms with Crippen LogP contribution in [0.5, 0.6) is 0 Å². The Kier molecular flexibility index (Phi) is 4.20. The van der Waals surface area contributed by atoms with Gasteiger partial charge in [-0.2, -0.15) is 0 Å². The van der Waals surface area contributed by atoms with Crippen molar-refractivity contribution in [3.05, 3.63) is 0 Å². The summed E-state index contributed by atoms with van der Waals surface area (Å²) < 4.78 is 13.9. The summed E-state index contributed by atoms with van der Waals surface area (Å²) in [7, 11) is 1.25. The topological polar surface area (TPSA) is 82.1 Å². The molecule has 0 aromatic carbocycles. The lowest BCUT2D eigenvalue weighted by Crippen LogP contribution is -2.29. The van der Waals surface area contributed by atoms with Crippen molar-refractivity contribution < 1.29 is 28.9 Å². The van der Waals surface area contributed by atoms with E-state index in [0.29, 0.717) is 25.7 Å². The van der Waals surface area contributed by atoms with E-state index in [1.807, 2.05) is 0 Å². The van der Waals surface area contributed by atoms with Crippen molar-refractivity contribution in [2.75, 3.05) is 7.11 Å². The number of carbonyl (C=O) groups is 2. The fourth-order valence-electron chi connectivity index (χ4n) is 1.59. The van der Waals surface area contributed by atoms with E-state index in [1.165, 1.54) is 7.11 Å². The largest absolute Gasteiger partial charge is 0.508 e. The Morgan fingerprint density at radius 2 is 1.53 bits per heavy atom. The van der Waals surface area contributed by atoms with Crippen LogP contribution in [0, 0.1) is 0 Å². The Hall–Kier alpha value is -1.46. The van der Waals surface area contributed by atoms with Crippen LogP contribution in [-0.4, -0.2) is 36.7 Å². The Morgan fingerprint density at radius 3 is 1.93 bits per heavy atom. The number of methoxy groups -OCH3 is 1. The maximum Gasteiger partial charge on any atom is 0.508 e. The van der Waals surface area contributed by atoms with Crippen molar-refractivity contribution >= 4 is 12.3 Å². The molecule has 0 radical (unpaired) electrons.